The van der Waals surface area contributed by atoms with Gasteiger partial charge in [-0.15, -0.1) is 0 Å². The third-order valence-electron chi connectivity index (χ3n) is 5.86. The first-order valence-electron chi connectivity index (χ1n) is 12.0. The van der Waals surface area contributed by atoms with Crippen molar-refractivity contribution in [1.29, 1.82) is 5.26 Å². The lowest BCUT2D eigenvalue weighted by Gasteiger charge is -2.22. The van der Waals surface area contributed by atoms with Crippen molar-refractivity contribution in [2.45, 2.75) is 31.5 Å². The van der Waals surface area contributed by atoms with Crippen LogP contribution in [0, 0.1) is 18.3 Å². The number of nitriles is 1. The molecule has 0 aliphatic rings. The van der Waals surface area contributed by atoms with Crippen LogP contribution in [0.1, 0.15) is 28.2 Å². The Bertz CT molecular complexity index is 1680. The van der Waals surface area contributed by atoms with Gasteiger partial charge in [-0.3, -0.25) is 9.78 Å². The summed E-state index contributed by atoms with van der Waals surface area (Å²) >= 11 is 12.4. The molecule has 0 aliphatic carbocycles. The summed E-state index contributed by atoms with van der Waals surface area (Å²) in [5.41, 5.74) is 2.10. The number of hydrogen-bond acceptors (Lipinski definition) is 6. The van der Waals surface area contributed by atoms with Crippen LogP contribution in [0.2, 0.25) is 10.0 Å². The van der Waals surface area contributed by atoms with Crippen molar-refractivity contribution < 1.29 is 17.6 Å². The minimum Gasteiger partial charge on any atom is -0.460 e. The molecule has 2 aromatic heterocycles. The summed E-state index contributed by atoms with van der Waals surface area (Å²) in [6.45, 7) is 1.90. The SMILES string of the molecule is Cc1ccc(S(=O)(=O)N(Cc2ccc(/C=C(/C#N)C(=O)NCc3cccnc3)o2)Cc2ccc(Cl)cc2Cl)cc1. The molecule has 0 bridgehead atoms. The number of aryl methyl sites for hydroxylation is 1. The molecule has 4 rings (SSSR count). The fourth-order valence-electron chi connectivity index (χ4n) is 3.73. The van der Waals surface area contributed by atoms with Crippen LogP contribution in [-0.4, -0.2) is 23.6 Å². The first-order chi connectivity index (χ1) is 19.2. The Morgan fingerprint density at radius 3 is 2.55 bits per heavy atom. The molecule has 0 spiro atoms. The number of rotatable bonds is 10. The summed E-state index contributed by atoms with van der Waals surface area (Å²) in [6.07, 6.45) is 4.54. The van der Waals surface area contributed by atoms with Crippen molar-refractivity contribution in [3.8, 4) is 6.07 Å². The summed E-state index contributed by atoms with van der Waals surface area (Å²) in [5.74, 6) is -0.0503. The molecule has 0 aliphatic heterocycles. The van der Waals surface area contributed by atoms with Crippen molar-refractivity contribution in [3.63, 3.8) is 0 Å². The van der Waals surface area contributed by atoms with Crippen LogP contribution in [0.4, 0.5) is 0 Å². The number of amides is 1. The van der Waals surface area contributed by atoms with Crippen molar-refractivity contribution in [3.05, 3.63) is 123 Å². The number of nitrogens with zero attached hydrogens (tertiary/aromatic N) is 3. The van der Waals surface area contributed by atoms with Gasteiger partial charge >= 0.3 is 0 Å². The minimum atomic E-state index is -3.96. The van der Waals surface area contributed by atoms with E-state index in [1.54, 1.807) is 79.1 Å². The van der Waals surface area contributed by atoms with Gasteiger partial charge in [-0.1, -0.05) is 53.0 Å². The lowest BCUT2D eigenvalue weighted by Crippen LogP contribution is -2.30. The maximum Gasteiger partial charge on any atom is 0.262 e. The Balaban J connectivity index is 1.57. The number of nitrogens with one attached hydrogen (secondary N) is 1. The summed E-state index contributed by atoms with van der Waals surface area (Å²) in [6, 6.07) is 20.0. The number of pyridine rings is 1. The number of carbonyl (C=O) groups is 1. The highest BCUT2D eigenvalue weighted by Crippen LogP contribution is 2.27. The average molecular weight is 596 g/mol. The van der Waals surface area contributed by atoms with E-state index in [0.29, 0.717) is 21.4 Å². The van der Waals surface area contributed by atoms with Gasteiger partial charge in [0.2, 0.25) is 10.0 Å². The van der Waals surface area contributed by atoms with Crippen LogP contribution < -0.4 is 5.32 Å². The summed E-state index contributed by atoms with van der Waals surface area (Å²) < 4.78 is 34.3. The van der Waals surface area contributed by atoms with Gasteiger partial charge in [0, 0.05) is 41.6 Å². The molecule has 1 N–H and O–H groups in total. The Morgan fingerprint density at radius 1 is 1.10 bits per heavy atom. The number of benzene rings is 2. The van der Waals surface area contributed by atoms with Crippen LogP contribution in [0.15, 0.2) is 94.0 Å². The highest BCUT2D eigenvalue weighted by atomic mass is 35.5. The molecule has 2 aromatic carbocycles. The molecule has 0 atom stereocenters. The molecule has 4 aromatic rings. The predicted molar refractivity (Wildman–Crippen MR) is 152 cm³/mol. The Hall–Kier alpha value is -3.94. The van der Waals surface area contributed by atoms with Crippen molar-refractivity contribution in [2.75, 3.05) is 0 Å². The number of hydrogen-bond donors (Lipinski definition) is 1. The smallest absolute Gasteiger partial charge is 0.262 e. The van der Waals surface area contributed by atoms with E-state index in [9.17, 15) is 18.5 Å². The van der Waals surface area contributed by atoms with Crippen LogP contribution in [0.25, 0.3) is 6.08 Å². The van der Waals surface area contributed by atoms with E-state index in [-0.39, 0.29) is 35.9 Å². The maximum atomic E-state index is 13.6. The lowest BCUT2D eigenvalue weighted by molar-refractivity contribution is -0.117. The van der Waals surface area contributed by atoms with Gasteiger partial charge in [-0.25, -0.2) is 8.42 Å². The van der Waals surface area contributed by atoms with Crippen LogP contribution in [0.5, 0.6) is 0 Å². The molecule has 11 heteroatoms. The molecule has 0 saturated carbocycles. The molecule has 2 heterocycles. The normalized spacial score (nSPS) is 11.8. The fraction of sp³-hybridized carbons (Fsp3) is 0.138. The average Bonchev–Trinajstić information content (AvgIpc) is 3.39. The highest BCUT2D eigenvalue weighted by molar-refractivity contribution is 7.89. The second-order valence-corrected chi connectivity index (χ2v) is 11.6. The van der Waals surface area contributed by atoms with E-state index in [0.717, 1.165) is 11.1 Å². The summed E-state index contributed by atoms with van der Waals surface area (Å²) in [7, 11) is -3.96. The topological polar surface area (TPSA) is 116 Å². The van der Waals surface area contributed by atoms with E-state index in [4.69, 9.17) is 27.6 Å². The quantitative estimate of drug-likeness (QED) is 0.180. The van der Waals surface area contributed by atoms with Crippen molar-refractivity contribution in [1.82, 2.24) is 14.6 Å². The molecule has 0 unspecified atom stereocenters. The van der Waals surface area contributed by atoms with E-state index in [1.807, 2.05) is 13.0 Å². The van der Waals surface area contributed by atoms with Gasteiger partial charge in [0.25, 0.3) is 5.91 Å². The zero-order valence-corrected chi connectivity index (χ0v) is 23.7. The van der Waals surface area contributed by atoms with E-state index >= 15 is 0 Å². The van der Waals surface area contributed by atoms with Gasteiger partial charge in [0.05, 0.1) is 11.4 Å². The number of aromatic nitrogens is 1. The van der Waals surface area contributed by atoms with Gasteiger partial charge in [0.1, 0.15) is 23.2 Å². The zero-order chi connectivity index (χ0) is 28.7. The standard InChI is InChI=1S/C29H24Cl2N4O4S/c1-20-4-10-27(11-5-20)40(37,38)35(18-22-6-7-24(30)14-28(22)31)19-26-9-8-25(39-26)13-23(15-32)29(36)34-17-21-3-2-12-33-16-21/h2-14,16H,17-19H2,1H3,(H,34,36)/b23-13-. The molecule has 40 heavy (non-hydrogen) atoms. The van der Waals surface area contributed by atoms with Gasteiger partial charge in [-0.05, 0) is 60.5 Å². The van der Waals surface area contributed by atoms with Gasteiger partial charge in [-0.2, -0.15) is 9.57 Å². The summed E-state index contributed by atoms with van der Waals surface area (Å²) in [5, 5.41) is 13.0. The van der Waals surface area contributed by atoms with Crippen LogP contribution in [-0.2, 0) is 34.5 Å². The molecule has 0 radical (unpaired) electrons. The Kier molecular flexibility index (Phi) is 9.40. The molecular formula is C29H24Cl2N4O4S. The predicted octanol–water partition coefficient (Wildman–Crippen LogP) is 5.90. The van der Waals surface area contributed by atoms with Crippen molar-refractivity contribution >= 4 is 45.2 Å². The zero-order valence-electron chi connectivity index (χ0n) is 21.3. The third-order valence-corrected chi connectivity index (χ3v) is 8.26. The number of halogens is 2. The maximum absolute atomic E-state index is 13.6. The van der Waals surface area contributed by atoms with Gasteiger partial charge < -0.3 is 9.73 Å². The first kappa shape index (κ1) is 29.1. The largest absolute Gasteiger partial charge is 0.460 e. The Labute approximate surface area is 242 Å². The lowest BCUT2D eigenvalue weighted by atomic mass is 10.2. The first-order valence-corrected chi connectivity index (χ1v) is 14.2. The second-order valence-electron chi connectivity index (χ2n) is 8.84. The van der Waals surface area contributed by atoms with Crippen LogP contribution >= 0.6 is 23.2 Å². The highest BCUT2D eigenvalue weighted by Gasteiger charge is 2.27. The number of furan rings is 1. The second kappa shape index (κ2) is 12.9. The van der Waals surface area contributed by atoms with E-state index < -0.39 is 15.9 Å². The summed E-state index contributed by atoms with van der Waals surface area (Å²) in [4.78, 5) is 16.6. The van der Waals surface area contributed by atoms with Crippen LogP contribution in [0.3, 0.4) is 0 Å². The third kappa shape index (κ3) is 7.37. The van der Waals surface area contributed by atoms with Gasteiger partial charge in [0.15, 0.2) is 0 Å². The molecular weight excluding hydrogens is 571 g/mol. The molecule has 0 saturated heterocycles. The monoisotopic (exact) mass is 594 g/mol. The molecule has 204 valence electrons. The Morgan fingerprint density at radius 2 is 1.88 bits per heavy atom. The van der Waals surface area contributed by atoms with E-state index in [2.05, 4.69) is 10.3 Å². The van der Waals surface area contributed by atoms with E-state index in [1.165, 1.54) is 10.4 Å². The number of carbonyl (C=O) groups excluding carboxylic acids is 1. The molecule has 1 amide bonds. The minimum absolute atomic E-state index is 0.0434. The molecule has 8 nitrogen and oxygen atoms in total. The number of sulfonamides is 1. The molecule has 0 fully saturated rings. The van der Waals surface area contributed by atoms with Crippen molar-refractivity contribution in [2.24, 2.45) is 0 Å². The fourth-order valence-corrected chi connectivity index (χ4v) is 5.58.